The van der Waals surface area contributed by atoms with Crippen LogP contribution in [0.1, 0.15) is 162 Å². The van der Waals surface area contributed by atoms with Gasteiger partial charge < -0.3 is 63.4 Å². The molecular formula is C54H96N10O9. The van der Waals surface area contributed by atoms with E-state index in [0.717, 1.165) is 32.1 Å². The van der Waals surface area contributed by atoms with Gasteiger partial charge in [-0.2, -0.15) is 0 Å². The maximum absolute atomic E-state index is 13.9. The van der Waals surface area contributed by atoms with E-state index in [2.05, 4.69) is 59.6 Å². The van der Waals surface area contributed by atoms with Crippen molar-refractivity contribution >= 4 is 41.6 Å². The van der Waals surface area contributed by atoms with Crippen LogP contribution in [-0.4, -0.2) is 141 Å². The average Bonchev–Trinajstić information content (AvgIpc) is 3.65. The molecule has 6 fully saturated rings. The van der Waals surface area contributed by atoms with Gasteiger partial charge in [0, 0.05) is 30.7 Å². The van der Waals surface area contributed by atoms with Crippen LogP contribution >= 0.6 is 0 Å². The fourth-order valence-corrected chi connectivity index (χ4v) is 11.9. The molecule has 0 spiro atoms. The first-order valence-electron chi connectivity index (χ1n) is 27.1. The molecule has 9 amide bonds. The van der Waals surface area contributed by atoms with E-state index < -0.39 is 88.3 Å². The maximum atomic E-state index is 13.9. The van der Waals surface area contributed by atoms with Crippen LogP contribution < -0.4 is 43.4 Å². The average molecular weight is 1030 g/mol. The number of nitrogens with zero attached hydrogens (tertiary/aromatic N) is 2. The first-order chi connectivity index (χ1) is 33.3. The molecule has 2 aliphatic heterocycles. The first kappa shape index (κ1) is 59.6. The Morgan fingerprint density at radius 2 is 0.918 bits per heavy atom. The molecule has 19 nitrogen and oxygen atoms in total. The molecule has 0 bridgehead atoms. The number of carbonyl (C=O) groups is 7. The Morgan fingerprint density at radius 1 is 0.575 bits per heavy atom. The number of primary amides is 1. The van der Waals surface area contributed by atoms with Crippen molar-refractivity contribution in [3.63, 3.8) is 0 Å². The number of fused-ring (bicyclic) bond motifs is 2. The summed E-state index contributed by atoms with van der Waals surface area (Å²) in [6.45, 7) is 32.0. The smallest absolute Gasteiger partial charge is 0.315 e. The lowest BCUT2D eigenvalue weighted by atomic mass is 9.79. The number of nitrogens with one attached hydrogen (secondary N) is 6. The zero-order valence-corrected chi connectivity index (χ0v) is 47.2. The summed E-state index contributed by atoms with van der Waals surface area (Å²) >= 11 is 0. The monoisotopic (exact) mass is 1030 g/mol. The molecule has 0 radical (unpaired) electrons. The fourth-order valence-electron chi connectivity index (χ4n) is 11.9. The molecule has 6 rings (SSSR count). The van der Waals surface area contributed by atoms with E-state index in [9.17, 15) is 43.8 Å². The number of hydrogen-bond donors (Lipinski definition) is 10. The van der Waals surface area contributed by atoms with E-state index in [4.69, 9.17) is 11.5 Å². The van der Waals surface area contributed by atoms with E-state index in [-0.39, 0.29) is 64.7 Å². The molecule has 0 aromatic rings. The summed E-state index contributed by atoms with van der Waals surface area (Å²) in [6, 6.07) is -5.13. The van der Waals surface area contributed by atoms with E-state index in [1.807, 2.05) is 83.1 Å². The van der Waals surface area contributed by atoms with E-state index in [0.29, 0.717) is 37.8 Å². The number of carbonyl (C=O) groups excluding carboxylic acids is 7. The van der Waals surface area contributed by atoms with Crippen LogP contribution in [-0.2, 0) is 24.0 Å². The van der Waals surface area contributed by atoms with Crippen molar-refractivity contribution in [1.29, 1.82) is 0 Å². The predicted molar refractivity (Wildman–Crippen MR) is 280 cm³/mol. The Labute approximate surface area is 435 Å². The first-order valence-corrected chi connectivity index (χ1v) is 27.1. The van der Waals surface area contributed by atoms with Crippen LogP contribution in [0.5, 0.6) is 0 Å². The van der Waals surface area contributed by atoms with Crippen molar-refractivity contribution < 1.29 is 43.8 Å². The Morgan fingerprint density at radius 3 is 1.21 bits per heavy atom. The number of urea groups is 2. The Kier molecular flexibility index (Phi) is 17.8. The highest BCUT2D eigenvalue weighted by Crippen LogP contribution is 2.66. The second-order valence-corrected chi connectivity index (χ2v) is 28.0. The Hall–Kier alpha value is -4.23. The van der Waals surface area contributed by atoms with Crippen molar-refractivity contribution in [2.45, 2.75) is 222 Å². The predicted octanol–water partition coefficient (Wildman–Crippen LogP) is 3.48. The molecule has 12 atom stereocenters. The molecule has 4 saturated carbocycles. The molecule has 8 unspecified atom stereocenters. The normalized spacial score (nSPS) is 27.5. The van der Waals surface area contributed by atoms with Crippen LogP contribution in [0, 0.1) is 57.2 Å². The van der Waals surface area contributed by atoms with Gasteiger partial charge in [0.1, 0.15) is 24.2 Å². The topological polar surface area (TPSA) is 291 Å². The van der Waals surface area contributed by atoms with Crippen molar-refractivity contribution in [2.24, 2.45) is 68.6 Å². The van der Waals surface area contributed by atoms with E-state index >= 15 is 0 Å². The summed E-state index contributed by atoms with van der Waals surface area (Å²) in [4.78, 5) is 95.8. The zero-order chi connectivity index (χ0) is 55.3. The van der Waals surface area contributed by atoms with Gasteiger partial charge in [-0.3, -0.25) is 24.0 Å². The lowest BCUT2D eigenvalue weighted by Crippen LogP contribution is -2.62. The molecule has 12 N–H and O–H groups in total. The minimum atomic E-state index is -1.50. The van der Waals surface area contributed by atoms with Gasteiger partial charge in [0.2, 0.25) is 29.5 Å². The van der Waals surface area contributed by atoms with Gasteiger partial charge in [0.25, 0.3) is 0 Å². The number of rotatable bonds is 16. The molecule has 73 heavy (non-hydrogen) atoms. The lowest BCUT2D eigenvalue weighted by Gasteiger charge is -2.39. The van der Waals surface area contributed by atoms with Gasteiger partial charge in [0.15, 0.2) is 6.10 Å². The number of amides is 9. The van der Waals surface area contributed by atoms with E-state index in [1.165, 1.54) is 6.42 Å². The highest BCUT2D eigenvalue weighted by atomic mass is 16.3. The third-order valence-corrected chi connectivity index (χ3v) is 16.9. The maximum Gasteiger partial charge on any atom is 0.315 e. The SMILES string of the molecule is CC(C)(C)NC(=O)N[C@H](C(=O)N1CC2C([C@H]1C(=O)NC(CC1CCC1)C(O)C(N)=O)C2(C)C)C(C)(C)C.CC(C)(C)NC(=O)N[C@H](C(=O)N1CC2C([C@H]1C(=O)NC(CC1CCC1)C(O)CN)C2(C)C)C(C)(C)C. The summed E-state index contributed by atoms with van der Waals surface area (Å²) in [5.41, 5.74) is 8.90. The Bertz CT molecular complexity index is 2050. The number of nitrogens with two attached hydrogens (primary N) is 2. The van der Waals surface area contributed by atoms with Gasteiger partial charge in [0.05, 0.1) is 18.2 Å². The molecule has 2 saturated heterocycles. The highest BCUT2D eigenvalue weighted by molar-refractivity contribution is 5.95. The summed E-state index contributed by atoms with van der Waals surface area (Å²) in [5, 5.41) is 38.4. The van der Waals surface area contributed by atoms with Crippen LogP contribution in [0.3, 0.4) is 0 Å². The second-order valence-electron chi connectivity index (χ2n) is 28.0. The molecule has 19 heteroatoms. The summed E-state index contributed by atoms with van der Waals surface area (Å²) in [5.74, 6) is -0.868. The summed E-state index contributed by atoms with van der Waals surface area (Å²) in [7, 11) is 0. The van der Waals surface area contributed by atoms with Gasteiger partial charge in [-0.15, -0.1) is 0 Å². The third-order valence-electron chi connectivity index (χ3n) is 16.9. The van der Waals surface area contributed by atoms with Gasteiger partial charge >= 0.3 is 12.1 Å². The molecule has 416 valence electrons. The molecule has 0 aromatic carbocycles. The second kappa shape index (κ2) is 21.8. The molecule has 6 aliphatic rings. The number of piperidine rings is 2. The van der Waals surface area contributed by atoms with Gasteiger partial charge in [-0.1, -0.05) is 108 Å². The number of aliphatic hydroxyl groups is 2. The van der Waals surface area contributed by atoms with Crippen molar-refractivity contribution in [3.05, 3.63) is 0 Å². The van der Waals surface area contributed by atoms with Crippen LogP contribution in [0.25, 0.3) is 0 Å². The van der Waals surface area contributed by atoms with Gasteiger partial charge in [-0.25, -0.2) is 9.59 Å². The molecule has 2 heterocycles. The van der Waals surface area contributed by atoms with E-state index in [1.54, 1.807) is 9.80 Å². The minimum absolute atomic E-state index is 0.0387. The highest BCUT2D eigenvalue weighted by Gasteiger charge is 2.71. The standard InChI is InChI=1S/C27H47N5O5.C27H49N5O4/c1-25(2,3)20(30-24(37)31-26(4,5)6)23(36)32-13-15-17(27(15,7)8)18(32)22(35)29-16(19(33)21(28)34)12-14-10-9-11-14;1-25(2,3)21(30-24(36)31-26(4,5)6)23(35)32-14-16-19(27(16,7)8)20(32)22(34)29-17(18(33)13-28)12-15-10-9-11-15/h14-20,33H,9-13H2,1-8H3,(H2,28,34)(H,29,35)(H2,30,31,37);15-21,33H,9-14,28H2,1-8H3,(H,29,34)(H2,30,31,36)/t15?,16?,17?,18-,19?,20+;16?,17?,18?,19?,20-,21+/m00/s1. The zero-order valence-electron chi connectivity index (χ0n) is 47.2. The summed E-state index contributed by atoms with van der Waals surface area (Å²) in [6.07, 6.45) is 5.28. The summed E-state index contributed by atoms with van der Waals surface area (Å²) < 4.78 is 0. The third kappa shape index (κ3) is 14.2. The van der Waals surface area contributed by atoms with Crippen molar-refractivity contribution in [1.82, 2.24) is 41.7 Å². The fraction of sp³-hybridized carbons (Fsp3) is 0.870. The number of likely N-dealkylation sites (tertiary alicyclic amines) is 2. The van der Waals surface area contributed by atoms with Crippen molar-refractivity contribution in [2.75, 3.05) is 19.6 Å². The quantitative estimate of drug-likeness (QED) is 0.107. The van der Waals surface area contributed by atoms with Crippen molar-refractivity contribution in [3.8, 4) is 0 Å². The minimum Gasteiger partial charge on any atom is -0.390 e. The number of hydrogen-bond acceptors (Lipinski definition) is 10. The van der Waals surface area contributed by atoms with Crippen LogP contribution in [0.15, 0.2) is 0 Å². The molecule has 4 aliphatic carbocycles. The largest absolute Gasteiger partial charge is 0.390 e. The number of aliphatic hydroxyl groups excluding tert-OH is 2. The van der Waals surface area contributed by atoms with Gasteiger partial charge in [-0.05, 0) is 112 Å². The lowest BCUT2D eigenvalue weighted by molar-refractivity contribution is -0.144. The molecular weight excluding hydrogens is 933 g/mol. The van der Waals surface area contributed by atoms with Crippen LogP contribution in [0.4, 0.5) is 9.59 Å². The van der Waals surface area contributed by atoms with Crippen LogP contribution in [0.2, 0.25) is 0 Å². The molecule has 0 aromatic heterocycles. The Balaban J connectivity index is 0.000000271.